The molecular formula is C24H30FN3O5S. The standard InChI is InChI=1S/C24H30FN3O5S/c1-2-33-21-11-9-20(10-12-21)28-23(29)16-26-24(30)18-5-3-17(4-6-18)15-27-34(31,32)22-13-7-19(25)8-14-22/h7-14,17-18,27H,2-6,15-16H2,1H3,(H,26,30)(H,28,29). The number of nitrogens with one attached hydrogen (secondary N) is 3. The molecule has 0 aromatic heterocycles. The molecule has 2 aromatic carbocycles. The molecule has 1 fully saturated rings. The second-order valence-corrected chi connectivity index (χ2v) is 10.0. The number of carbonyl (C=O) groups excluding carboxylic acids is 2. The number of anilines is 1. The summed E-state index contributed by atoms with van der Waals surface area (Å²) in [6.45, 7) is 2.59. The molecule has 0 radical (unpaired) electrons. The Morgan fingerprint density at radius 2 is 1.65 bits per heavy atom. The van der Waals surface area contributed by atoms with Crippen molar-refractivity contribution in [2.24, 2.45) is 11.8 Å². The minimum atomic E-state index is -3.70. The van der Waals surface area contributed by atoms with E-state index in [1.165, 1.54) is 12.1 Å². The third-order valence-electron chi connectivity index (χ3n) is 5.78. The Bertz CT molecular complexity index is 1070. The maximum atomic E-state index is 13.0. The van der Waals surface area contributed by atoms with Crippen LogP contribution in [0.5, 0.6) is 5.75 Å². The van der Waals surface area contributed by atoms with E-state index in [-0.39, 0.29) is 41.6 Å². The Hall–Kier alpha value is -2.98. The van der Waals surface area contributed by atoms with Gasteiger partial charge in [0.05, 0.1) is 18.0 Å². The Balaban J connectivity index is 1.37. The number of ether oxygens (including phenoxy) is 1. The second kappa shape index (κ2) is 11.9. The van der Waals surface area contributed by atoms with Crippen molar-refractivity contribution >= 4 is 27.5 Å². The number of carbonyl (C=O) groups is 2. The maximum absolute atomic E-state index is 13.0. The fourth-order valence-electron chi connectivity index (χ4n) is 3.87. The van der Waals surface area contributed by atoms with Gasteiger partial charge in [-0.1, -0.05) is 0 Å². The summed E-state index contributed by atoms with van der Waals surface area (Å²) in [5.41, 5.74) is 0.617. The monoisotopic (exact) mass is 491 g/mol. The molecule has 0 spiro atoms. The summed E-state index contributed by atoms with van der Waals surface area (Å²) in [4.78, 5) is 24.6. The van der Waals surface area contributed by atoms with Crippen LogP contribution in [0.1, 0.15) is 32.6 Å². The van der Waals surface area contributed by atoms with Crippen LogP contribution in [-0.4, -0.2) is 39.9 Å². The summed E-state index contributed by atoms with van der Waals surface area (Å²) in [5, 5.41) is 5.41. The van der Waals surface area contributed by atoms with Crippen LogP contribution < -0.4 is 20.1 Å². The van der Waals surface area contributed by atoms with Gasteiger partial charge in [0.2, 0.25) is 21.8 Å². The predicted molar refractivity (Wildman–Crippen MR) is 126 cm³/mol. The largest absolute Gasteiger partial charge is 0.494 e. The molecule has 0 unspecified atom stereocenters. The molecule has 2 aromatic rings. The van der Waals surface area contributed by atoms with Gasteiger partial charge in [-0.25, -0.2) is 17.5 Å². The lowest BCUT2D eigenvalue weighted by Gasteiger charge is -2.27. The number of benzene rings is 2. The highest BCUT2D eigenvalue weighted by Crippen LogP contribution is 2.29. The van der Waals surface area contributed by atoms with Gasteiger partial charge in [0.25, 0.3) is 0 Å². The Kier molecular flexibility index (Phi) is 9.00. The van der Waals surface area contributed by atoms with Crippen molar-refractivity contribution < 1.29 is 27.1 Å². The number of hydrogen-bond donors (Lipinski definition) is 3. The Morgan fingerprint density at radius 1 is 1.00 bits per heavy atom. The lowest BCUT2D eigenvalue weighted by Crippen LogP contribution is -2.39. The minimum absolute atomic E-state index is 0.0190. The lowest BCUT2D eigenvalue weighted by atomic mass is 9.81. The van der Waals surface area contributed by atoms with E-state index in [1.807, 2.05) is 6.92 Å². The van der Waals surface area contributed by atoms with Crippen molar-refractivity contribution in [1.29, 1.82) is 0 Å². The molecule has 1 aliphatic rings. The van der Waals surface area contributed by atoms with Crippen molar-refractivity contribution in [3.8, 4) is 5.75 Å². The molecule has 10 heteroatoms. The van der Waals surface area contributed by atoms with Gasteiger partial charge in [-0.05, 0) is 87.1 Å². The number of halogens is 1. The minimum Gasteiger partial charge on any atom is -0.494 e. The molecule has 3 N–H and O–H groups in total. The van der Waals surface area contributed by atoms with Gasteiger partial charge in [0.15, 0.2) is 0 Å². The van der Waals surface area contributed by atoms with Crippen molar-refractivity contribution in [3.05, 3.63) is 54.3 Å². The molecule has 1 aliphatic carbocycles. The van der Waals surface area contributed by atoms with Crippen molar-refractivity contribution in [3.63, 3.8) is 0 Å². The van der Waals surface area contributed by atoms with Crippen LogP contribution in [0, 0.1) is 17.7 Å². The van der Waals surface area contributed by atoms with E-state index in [0.29, 0.717) is 43.7 Å². The van der Waals surface area contributed by atoms with E-state index in [2.05, 4.69) is 15.4 Å². The number of amides is 2. The molecule has 2 amide bonds. The number of rotatable bonds is 10. The molecule has 34 heavy (non-hydrogen) atoms. The molecule has 3 rings (SSSR count). The fourth-order valence-corrected chi connectivity index (χ4v) is 4.99. The average Bonchev–Trinajstić information content (AvgIpc) is 2.83. The summed E-state index contributed by atoms with van der Waals surface area (Å²) < 4.78 is 45.6. The number of sulfonamides is 1. The molecular weight excluding hydrogens is 461 g/mol. The zero-order valence-corrected chi connectivity index (χ0v) is 19.9. The molecule has 0 aliphatic heterocycles. The van der Waals surface area contributed by atoms with Gasteiger partial charge >= 0.3 is 0 Å². The van der Waals surface area contributed by atoms with Gasteiger partial charge in [0, 0.05) is 18.2 Å². The summed E-state index contributed by atoms with van der Waals surface area (Å²) in [5.74, 6) is -0.365. The first-order chi connectivity index (χ1) is 16.3. The highest BCUT2D eigenvalue weighted by atomic mass is 32.2. The number of hydrogen-bond acceptors (Lipinski definition) is 5. The van der Waals surface area contributed by atoms with Crippen molar-refractivity contribution in [1.82, 2.24) is 10.0 Å². The highest BCUT2D eigenvalue weighted by Gasteiger charge is 2.27. The summed E-state index contributed by atoms with van der Waals surface area (Å²) >= 11 is 0. The molecule has 8 nitrogen and oxygen atoms in total. The van der Waals surface area contributed by atoms with Crippen LogP contribution in [0.4, 0.5) is 10.1 Å². The molecule has 0 atom stereocenters. The van der Waals surface area contributed by atoms with Crippen LogP contribution in [0.3, 0.4) is 0 Å². The molecule has 184 valence electrons. The van der Waals surface area contributed by atoms with Crippen LogP contribution >= 0.6 is 0 Å². The zero-order valence-electron chi connectivity index (χ0n) is 19.1. The maximum Gasteiger partial charge on any atom is 0.243 e. The van der Waals surface area contributed by atoms with Crippen LogP contribution in [0.15, 0.2) is 53.4 Å². The topological polar surface area (TPSA) is 114 Å². The van der Waals surface area contributed by atoms with Gasteiger partial charge in [-0.2, -0.15) is 0 Å². The van der Waals surface area contributed by atoms with Gasteiger partial charge < -0.3 is 15.4 Å². The van der Waals surface area contributed by atoms with Crippen LogP contribution in [0.2, 0.25) is 0 Å². The smallest absolute Gasteiger partial charge is 0.243 e. The predicted octanol–water partition coefficient (Wildman–Crippen LogP) is 3.06. The second-order valence-electron chi connectivity index (χ2n) is 8.25. The van der Waals surface area contributed by atoms with Crippen molar-refractivity contribution in [2.75, 3.05) is 25.0 Å². The quantitative estimate of drug-likeness (QED) is 0.473. The van der Waals surface area contributed by atoms with Crippen LogP contribution in [0.25, 0.3) is 0 Å². The van der Waals surface area contributed by atoms with E-state index in [9.17, 15) is 22.4 Å². The fraction of sp³-hybridized carbons (Fsp3) is 0.417. The van der Waals surface area contributed by atoms with Crippen LogP contribution in [-0.2, 0) is 19.6 Å². The Labute approximate surface area is 199 Å². The first kappa shape index (κ1) is 25.6. The molecule has 0 bridgehead atoms. The first-order valence-corrected chi connectivity index (χ1v) is 12.8. The summed E-state index contributed by atoms with van der Waals surface area (Å²) in [6.07, 6.45) is 2.63. The van der Waals surface area contributed by atoms with E-state index in [1.54, 1.807) is 24.3 Å². The van der Waals surface area contributed by atoms with Gasteiger partial charge in [-0.3, -0.25) is 9.59 Å². The first-order valence-electron chi connectivity index (χ1n) is 11.3. The molecule has 0 heterocycles. The van der Waals surface area contributed by atoms with E-state index < -0.39 is 15.8 Å². The average molecular weight is 492 g/mol. The zero-order chi connectivity index (χ0) is 24.6. The third kappa shape index (κ3) is 7.53. The normalized spacial score (nSPS) is 18.2. The summed E-state index contributed by atoms with van der Waals surface area (Å²) in [6, 6.07) is 11.7. The molecule has 1 saturated carbocycles. The summed E-state index contributed by atoms with van der Waals surface area (Å²) in [7, 11) is -3.70. The third-order valence-corrected chi connectivity index (χ3v) is 7.22. The molecule has 0 saturated heterocycles. The van der Waals surface area contributed by atoms with E-state index >= 15 is 0 Å². The SMILES string of the molecule is CCOc1ccc(NC(=O)CNC(=O)C2CCC(CNS(=O)(=O)c3ccc(F)cc3)CC2)cc1. The van der Waals surface area contributed by atoms with Gasteiger partial charge in [-0.15, -0.1) is 0 Å². The highest BCUT2D eigenvalue weighted by molar-refractivity contribution is 7.89. The van der Waals surface area contributed by atoms with E-state index in [0.717, 1.165) is 12.1 Å². The van der Waals surface area contributed by atoms with E-state index in [4.69, 9.17) is 4.74 Å². The van der Waals surface area contributed by atoms with Crippen molar-refractivity contribution in [2.45, 2.75) is 37.5 Å². The van der Waals surface area contributed by atoms with Gasteiger partial charge in [0.1, 0.15) is 11.6 Å². The lowest BCUT2D eigenvalue weighted by molar-refractivity contribution is -0.128. The Morgan fingerprint density at radius 3 is 2.26 bits per heavy atom.